The van der Waals surface area contributed by atoms with E-state index in [-0.39, 0.29) is 28.8 Å². The second-order valence-electron chi connectivity index (χ2n) is 3.68. The van der Waals surface area contributed by atoms with Crippen LogP contribution >= 0.6 is 34.5 Å². The van der Waals surface area contributed by atoms with E-state index in [0.717, 1.165) is 11.3 Å². The Bertz CT molecular complexity index is 671. The van der Waals surface area contributed by atoms with E-state index in [9.17, 15) is 14.9 Å². The molecule has 20 heavy (non-hydrogen) atoms. The Morgan fingerprint density at radius 3 is 2.65 bits per heavy atom. The highest BCUT2D eigenvalue weighted by molar-refractivity contribution is 7.18. The highest BCUT2D eigenvalue weighted by Gasteiger charge is 2.17. The van der Waals surface area contributed by atoms with Crippen molar-refractivity contribution in [3.63, 3.8) is 0 Å². The molecular formula is C12H7Cl2NO4S. The number of halogens is 2. The molecule has 0 amide bonds. The number of benzene rings is 1. The van der Waals surface area contributed by atoms with Gasteiger partial charge in [-0.2, -0.15) is 0 Å². The van der Waals surface area contributed by atoms with Crippen molar-refractivity contribution in [1.29, 1.82) is 0 Å². The first-order valence-corrected chi connectivity index (χ1v) is 6.90. The third-order valence-corrected chi connectivity index (χ3v) is 3.83. The minimum Gasteiger partial charge on any atom is -0.478 e. The number of rotatable bonds is 5. The van der Waals surface area contributed by atoms with Gasteiger partial charge >= 0.3 is 5.69 Å². The first kappa shape index (κ1) is 14.8. The molecule has 0 fully saturated rings. The number of Topliss-reactive ketones (excluding diaryl/α,β-unsaturated/α-hetero) is 1. The van der Waals surface area contributed by atoms with E-state index in [0.29, 0.717) is 9.21 Å². The quantitative estimate of drug-likeness (QED) is 0.467. The summed E-state index contributed by atoms with van der Waals surface area (Å²) < 4.78 is 5.68. The first-order chi connectivity index (χ1) is 9.47. The average molecular weight is 332 g/mol. The maximum absolute atomic E-state index is 11.8. The third-order valence-electron chi connectivity index (χ3n) is 2.32. The monoisotopic (exact) mass is 331 g/mol. The van der Waals surface area contributed by atoms with E-state index in [1.165, 1.54) is 18.2 Å². The van der Waals surface area contributed by atoms with Crippen molar-refractivity contribution in [2.24, 2.45) is 0 Å². The highest BCUT2D eigenvalue weighted by atomic mass is 35.5. The summed E-state index contributed by atoms with van der Waals surface area (Å²) in [7, 11) is 0. The molecule has 0 aliphatic heterocycles. The smallest absolute Gasteiger partial charge is 0.312 e. The molecule has 2 rings (SSSR count). The van der Waals surface area contributed by atoms with Gasteiger partial charge in [-0.25, -0.2) is 0 Å². The molecule has 2 aromatic rings. The normalized spacial score (nSPS) is 10.3. The van der Waals surface area contributed by atoms with Gasteiger partial charge in [-0.3, -0.25) is 14.9 Å². The van der Waals surface area contributed by atoms with Gasteiger partial charge in [-0.15, -0.1) is 11.3 Å². The van der Waals surface area contributed by atoms with Gasteiger partial charge in [0.15, 0.2) is 12.4 Å². The molecule has 0 spiro atoms. The summed E-state index contributed by atoms with van der Waals surface area (Å²) in [5.41, 5.74) is -0.283. The van der Waals surface area contributed by atoms with Crippen LogP contribution in [-0.2, 0) is 0 Å². The van der Waals surface area contributed by atoms with Crippen LogP contribution in [0.25, 0.3) is 0 Å². The Morgan fingerprint density at radius 1 is 1.30 bits per heavy atom. The number of hydrogen-bond acceptors (Lipinski definition) is 5. The zero-order valence-corrected chi connectivity index (χ0v) is 12.2. The first-order valence-electron chi connectivity index (χ1n) is 5.32. The number of ether oxygens (including phenoxy) is 1. The van der Waals surface area contributed by atoms with Gasteiger partial charge in [0.1, 0.15) is 0 Å². The minimum atomic E-state index is -0.617. The molecule has 0 saturated carbocycles. The van der Waals surface area contributed by atoms with Crippen molar-refractivity contribution in [3.05, 3.63) is 54.7 Å². The molecule has 104 valence electrons. The highest BCUT2D eigenvalue weighted by Crippen LogP contribution is 2.30. The molecule has 0 atom stereocenters. The van der Waals surface area contributed by atoms with E-state index in [4.69, 9.17) is 27.9 Å². The van der Waals surface area contributed by atoms with Crippen LogP contribution in [-0.4, -0.2) is 17.3 Å². The predicted octanol–water partition coefficient (Wildman–Crippen LogP) is 4.22. The number of thiophene rings is 1. The Kier molecular flexibility index (Phi) is 4.59. The standard InChI is InChI=1S/C12H7Cl2NO4S/c13-7-1-2-10(8(5-7)15(17)18)19-6-9(16)11-3-4-12(14)20-11/h1-5H,6H2. The average Bonchev–Trinajstić information content (AvgIpc) is 2.83. The van der Waals surface area contributed by atoms with Gasteiger partial charge in [-0.1, -0.05) is 23.2 Å². The molecule has 0 radical (unpaired) electrons. The molecular weight excluding hydrogens is 325 g/mol. The van der Waals surface area contributed by atoms with Crippen molar-refractivity contribution in [2.45, 2.75) is 0 Å². The van der Waals surface area contributed by atoms with Gasteiger partial charge in [0, 0.05) is 11.1 Å². The maximum atomic E-state index is 11.8. The fourth-order valence-corrected chi connectivity index (χ4v) is 2.57. The fraction of sp³-hybridized carbons (Fsp3) is 0.0833. The number of nitro benzene ring substituents is 1. The van der Waals surface area contributed by atoms with Crippen molar-refractivity contribution in [1.82, 2.24) is 0 Å². The molecule has 0 aliphatic carbocycles. The van der Waals surface area contributed by atoms with Crippen LogP contribution in [0, 0.1) is 10.1 Å². The number of hydrogen-bond donors (Lipinski definition) is 0. The lowest BCUT2D eigenvalue weighted by molar-refractivity contribution is -0.385. The Labute approximate surface area is 127 Å². The van der Waals surface area contributed by atoms with Crippen LogP contribution < -0.4 is 4.74 Å². The molecule has 0 bridgehead atoms. The number of nitrogens with zero attached hydrogens (tertiary/aromatic N) is 1. The van der Waals surface area contributed by atoms with E-state index in [2.05, 4.69) is 0 Å². The van der Waals surface area contributed by atoms with Crippen LogP contribution in [0.1, 0.15) is 9.67 Å². The van der Waals surface area contributed by atoms with Gasteiger partial charge in [-0.05, 0) is 24.3 Å². The molecule has 1 aromatic carbocycles. The van der Waals surface area contributed by atoms with Crippen molar-refractivity contribution >= 4 is 46.0 Å². The molecule has 0 unspecified atom stereocenters. The summed E-state index contributed by atoms with van der Waals surface area (Å²) in [6.07, 6.45) is 0. The Morgan fingerprint density at radius 2 is 2.05 bits per heavy atom. The van der Waals surface area contributed by atoms with Crippen molar-refractivity contribution in [2.75, 3.05) is 6.61 Å². The molecule has 0 aliphatic rings. The molecule has 1 heterocycles. The van der Waals surface area contributed by atoms with Crippen LogP contribution in [0.2, 0.25) is 9.36 Å². The molecule has 0 saturated heterocycles. The fourth-order valence-electron chi connectivity index (χ4n) is 1.43. The second-order valence-corrected chi connectivity index (χ2v) is 5.84. The molecule has 5 nitrogen and oxygen atoms in total. The lowest BCUT2D eigenvalue weighted by Gasteiger charge is -2.05. The number of nitro groups is 1. The van der Waals surface area contributed by atoms with Crippen LogP contribution in [0.5, 0.6) is 5.75 Å². The summed E-state index contributed by atoms with van der Waals surface area (Å²) in [6.45, 7) is -0.306. The van der Waals surface area contributed by atoms with Crippen LogP contribution in [0.15, 0.2) is 30.3 Å². The SMILES string of the molecule is O=C(COc1ccc(Cl)cc1[N+](=O)[O-])c1ccc(Cl)s1. The molecule has 8 heteroatoms. The number of carbonyl (C=O) groups is 1. The maximum Gasteiger partial charge on any atom is 0.312 e. The lowest BCUT2D eigenvalue weighted by Crippen LogP contribution is -2.11. The van der Waals surface area contributed by atoms with E-state index in [1.54, 1.807) is 12.1 Å². The summed E-state index contributed by atoms with van der Waals surface area (Å²) in [4.78, 5) is 22.5. The van der Waals surface area contributed by atoms with E-state index in [1.807, 2.05) is 0 Å². The largest absolute Gasteiger partial charge is 0.478 e. The van der Waals surface area contributed by atoms with Gasteiger partial charge in [0.05, 0.1) is 14.1 Å². The zero-order valence-electron chi connectivity index (χ0n) is 9.84. The van der Waals surface area contributed by atoms with Gasteiger partial charge < -0.3 is 4.74 Å². The van der Waals surface area contributed by atoms with E-state index >= 15 is 0 Å². The Balaban J connectivity index is 2.11. The number of carbonyl (C=O) groups excluding carboxylic acids is 1. The van der Waals surface area contributed by atoms with Crippen LogP contribution in [0.3, 0.4) is 0 Å². The molecule has 1 aromatic heterocycles. The van der Waals surface area contributed by atoms with Gasteiger partial charge in [0.2, 0.25) is 5.78 Å². The summed E-state index contributed by atoms with van der Waals surface area (Å²) in [5.74, 6) is -0.304. The summed E-state index contributed by atoms with van der Waals surface area (Å²) in [5, 5.41) is 11.1. The predicted molar refractivity (Wildman–Crippen MR) is 77.3 cm³/mol. The molecule has 0 N–H and O–H groups in total. The summed E-state index contributed by atoms with van der Waals surface area (Å²) >= 11 is 12.5. The Hall–Kier alpha value is -1.63. The van der Waals surface area contributed by atoms with Gasteiger partial charge in [0.25, 0.3) is 0 Å². The van der Waals surface area contributed by atoms with Crippen molar-refractivity contribution in [3.8, 4) is 5.75 Å². The van der Waals surface area contributed by atoms with Crippen molar-refractivity contribution < 1.29 is 14.5 Å². The summed E-state index contributed by atoms with van der Waals surface area (Å²) in [6, 6.07) is 7.16. The lowest BCUT2D eigenvalue weighted by atomic mass is 10.3. The topological polar surface area (TPSA) is 69.4 Å². The van der Waals surface area contributed by atoms with E-state index < -0.39 is 4.92 Å². The van der Waals surface area contributed by atoms with Crippen LogP contribution in [0.4, 0.5) is 5.69 Å². The minimum absolute atomic E-state index is 0.00426. The zero-order chi connectivity index (χ0) is 14.7. The second kappa shape index (κ2) is 6.21. The third kappa shape index (κ3) is 3.47. The number of ketones is 1.